The normalized spacial score (nSPS) is 12.4. The highest BCUT2D eigenvalue weighted by atomic mass is 35.5. The average molecular weight is 265 g/mol. The highest BCUT2D eigenvalue weighted by molar-refractivity contribution is 6.31. The smallest absolute Gasteiger partial charge is 0.123 e. The van der Waals surface area contributed by atoms with Gasteiger partial charge in [0, 0.05) is 11.4 Å². The lowest BCUT2D eigenvalue weighted by Crippen LogP contribution is -2.04. The molecule has 0 saturated carbocycles. The first kappa shape index (κ1) is 13.1. The number of rotatable bonds is 3. The molecule has 0 fully saturated rings. The minimum atomic E-state index is -0.675. The van der Waals surface area contributed by atoms with Gasteiger partial charge in [-0.3, -0.25) is 0 Å². The monoisotopic (exact) mass is 264 g/mol. The zero-order valence-corrected chi connectivity index (χ0v) is 10.8. The van der Waals surface area contributed by atoms with E-state index in [0.29, 0.717) is 17.0 Å². The Morgan fingerprint density at radius 1 is 1.22 bits per heavy atom. The standard InChI is InChI=1S/C15H14ClFO/c1-10-4-2-3-5-13(10)15(18)9-11-8-12(17)6-7-14(11)16/h2-8,15,18H,9H2,1H3. The molecule has 0 aliphatic carbocycles. The fraction of sp³-hybridized carbons (Fsp3) is 0.200. The van der Waals surface area contributed by atoms with Crippen LogP contribution in [-0.2, 0) is 6.42 Å². The Labute approximate surface area is 111 Å². The predicted octanol–water partition coefficient (Wildman–Crippen LogP) is 4.06. The van der Waals surface area contributed by atoms with Gasteiger partial charge in [-0.2, -0.15) is 0 Å². The van der Waals surface area contributed by atoms with E-state index in [-0.39, 0.29) is 5.82 Å². The van der Waals surface area contributed by atoms with Crippen LogP contribution in [0.5, 0.6) is 0 Å². The molecule has 1 N–H and O–H groups in total. The summed E-state index contributed by atoms with van der Waals surface area (Å²) >= 11 is 5.99. The maximum Gasteiger partial charge on any atom is 0.123 e. The third-order valence-electron chi connectivity index (χ3n) is 2.97. The lowest BCUT2D eigenvalue weighted by molar-refractivity contribution is 0.177. The summed E-state index contributed by atoms with van der Waals surface area (Å²) in [7, 11) is 0. The SMILES string of the molecule is Cc1ccccc1C(O)Cc1cc(F)ccc1Cl. The Morgan fingerprint density at radius 2 is 1.94 bits per heavy atom. The highest BCUT2D eigenvalue weighted by Gasteiger charge is 2.13. The zero-order valence-electron chi connectivity index (χ0n) is 10.0. The third kappa shape index (κ3) is 2.89. The first-order chi connectivity index (χ1) is 8.58. The van der Waals surface area contributed by atoms with Crippen molar-refractivity contribution in [2.24, 2.45) is 0 Å². The fourth-order valence-electron chi connectivity index (χ4n) is 1.98. The zero-order chi connectivity index (χ0) is 13.1. The summed E-state index contributed by atoms with van der Waals surface area (Å²) in [6.45, 7) is 1.94. The van der Waals surface area contributed by atoms with E-state index < -0.39 is 6.10 Å². The number of hydrogen-bond acceptors (Lipinski definition) is 1. The van der Waals surface area contributed by atoms with E-state index in [0.717, 1.165) is 11.1 Å². The Balaban J connectivity index is 2.24. The van der Waals surface area contributed by atoms with Crippen molar-refractivity contribution in [3.63, 3.8) is 0 Å². The third-order valence-corrected chi connectivity index (χ3v) is 3.34. The van der Waals surface area contributed by atoms with E-state index in [9.17, 15) is 9.50 Å². The van der Waals surface area contributed by atoms with Gasteiger partial charge in [0.15, 0.2) is 0 Å². The van der Waals surface area contributed by atoms with Crippen LogP contribution in [0, 0.1) is 12.7 Å². The van der Waals surface area contributed by atoms with Crippen LogP contribution in [0.4, 0.5) is 4.39 Å². The Hall–Kier alpha value is -1.38. The first-order valence-electron chi connectivity index (χ1n) is 5.75. The molecule has 2 aromatic rings. The van der Waals surface area contributed by atoms with Gasteiger partial charge in [0.2, 0.25) is 0 Å². The van der Waals surface area contributed by atoms with Gasteiger partial charge < -0.3 is 5.11 Å². The molecular formula is C15H14ClFO. The molecule has 3 heteroatoms. The summed E-state index contributed by atoms with van der Waals surface area (Å²) in [5, 5.41) is 10.7. The number of benzene rings is 2. The summed E-state index contributed by atoms with van der Waals surface area (Å²) in [6, 6.07) is 11.8. The number of aliphatic hydroxyl groups excluding tert-OH is 1. The second-order valence-electron chi connectivity index (χ2n) is 4.31. The molecule has 0 heterocycles. The molecule has 2 rings (SSSR count). The van der Waals surface area contributed by atoms with Gasteiger partial charge in [0.05, 0.1) is 6.10 Å². The van der Waals surface area contributed by atoms with Crippen LogP contribution >= 0.6 is 11.6 Å². The second kappa shape index (κ2) is 5.51. The van der Waals surface area contributed by atoms with Crippen LogP contribution in [0.3, 0.4) is 0 Å². The molecule has 1 unspecified atom stereocenters. The molecule has 0 bridgehead atoms. The first-order valence-corrected chi connectivity index (χ1v) is 6.13. The van der Waals surface area contributed by atoms with Crippen molar-refractivity contribution in [1.82, 2.24) is 0 Å². The summed E-state index contributed by atoms with van der Waals surface area (Å²) in [6.07, 6.45) is -0.368. The average Bonchev–Trinajstić information content (AvgIpc) is 2.34. The molecule has 0 aliphatic rings. The van der Waals surface area contributed by atoms with Crippen molar-refractivity contribution in [2.75, 3.05) is 0 Å². The van der Waals surface area contributed by atoms with Crippen molar-refractivity contribution >= 4 is 11.6 Å². The van der Waals surface area contributed by atoms with Crippen LogP contribution in [0.2, 0.25) is 5.02 Å². The van der Waals surface area contributed by atoms with Crippen LogP contribution in [0.25, 0.3) is 0 Å². The molecule has 18 heavy (non-hydrogen) atoms. The maximum absolute atomic E-state index is 13.1. The van der Waals surface area contributed by atoms with Crippen LogP contribution in [-0.4, -0.2) is 5.11 Å². The lowest BCUT2D eigenvalue weighted by atomic mass is 9.98. The van der Waals surface area contributed by atoms with Gasteiger partial charge >= 0.3 is 0 Å². The number of halogens is 2. The van der Waals surface area contributed by atoms with Crippen molar-refractivity contribution in [1.29, 1.82) is 0 Å². The highest BCUT2D eigenvalue weighted by Crippen LogP contribution is 2.25. The minimum absolute atomic E-state index is 0.307. The van der Waals surface area contributed by atoms with Crippen molar-refractivity contribution in [3.8, 4) is 0 Å². The Bertz CT molecular complexity index is 554. The van der Waals surface area contributed by atoms with Crippen molar-refractivity contribution < 1.29 is 9.50 Å². The van der Waals surface area contributed by atoms with E-state index in [4.69, 9.17) is 11.6 Å². The van der Waals surface area contributed by atoms with E-state index in [1.54, 1.807) is 0 Å². The predicted molar refractivity (Wildman–Crippen MR) is 71.3 cm³/mol. The molecule has 2 aromatic carbocycles. The number of aliphatic hydroxyl groups is 1. The molecule has 94 valence electrons. The molecule has 0 spiro atoms. The largest absolute Gasteiger partial charge is 0.388 e. The molecule has 1 nitrogen and oxygen atoms in total. The van der Waals surface area contributed by atoms with E-state index in [1.165, 1.54) is 18.2 Å². The van der Waals surface area contributed by atoms with Crippen molar-refractivity contribution in [3.05, 3.63) is 70.0 Å². The number of aryl methyl sites for hydroxylation is 1. The van der Waals surface area contributed by atoms with Gasteiger partial charge in [0.25, 0.3) is 0 Å². The summed E-state index contributed by atoms with van der Waals surface area (Å²) in [5.41, 5.74) is 2.47. The van der Waals surface area contributed by atoms with Crippen molar-refractivity contribution in [2.45, 2.75) is 19.4 Å². The maximum atomic E-state index is 13.1. The quantitative estimate of drug-likeness (QED) is 0.886. The summed E-state index contributed by atoms with van der Waals surface area (Å²) in [4.78, 5) is 0. The fourth-order valence-corrected chi connectivity index (χ4v) is 2.17. The minimum Gasteiger partial charge on any atom is -0.388 e. The van der Waals surface area contributed by atoms with E-state index >= 15 is 0 Å². The summed E-state index contributed by atoms with van der Waals surface area (Å²) in [5.74, 6) is -0.341. The van der Waals surface area contributed by atoms with Gasteiger partial charge in [-0.25, -0.2) is 4.39 Å². The molecule has 0 aromatic heterocycles. The molecule has 0 saturated heterocycles. The second-order valence-corrected chi connectivity index (χ2v) is 4.72. The van der Waals surface area contributed by atoms with Gasteiger partial charge in [-0.15, -0.1) is 0 Å². The molecule has 0 radical (unpaired) electrons. The van der Waals surface area contributed by atoms with Gasteiger partial charge in [-0.1, -0.05) is 35.9 Å². The molecule has 0 amide bonds. The molecule has 1 atom stereocenters. The number of hydrogen-bond donors (Lipinski definition) is 1. The van der Waals surface area contributed by atoms with Crippen LogP contribution in [0.1, 0.15) is 22.8 Å². The molecule has 0 aliphatic heterocycles. The van der Waals surface area contributed by atoms with Crippen LogP contribution in [0.15, 0.2) is 42.5 Å². The van der Waals surface area contributed by atoms with E-state index in [1.807, 2.05) is 31.2 Å². The van der Waals surface area contributed by atoms with Gasteiger partial charge in [-0.05, 0) is 41.8 Å². The summed E-state index contributed by atoms with van der Waals surface area (Å²) < 4.78 is 13.1. The molecular weight excluding hydrogens is 251 g/mol. The van der Waals surface area contributed by atoms with E-state index in [2.05, 4.69) is 0 Å². The Kier molecular flexibility index (Phi) is 4.00. The Morgan fingerprint density at radius 3 is 2.67 bits per heavy atom. The topological polar surface area (TPSA) is 20.2 Å². The van der Waals surface area contributed by atoms with Crippen LogP contribution < -0.4 is 0 Å². The van der Waals surface area contributed by atoms with Gasteiger partial charge in [0.1, 0.15) is 5.82 Å². The lowest BCUT2D eigenvalue weighted by Gasteiger charge is -2.14.